The Hall–Kier alpha value is -0.620. The fraction of sp³-hybridized carbons (Fsp3) is 0.143. The summed E-state index contributed by atoms with van der Waals surface area (Å²) in [6.07, 6.45) is 0. The normalized spacial score (nSPS) is 10.7. The van der Waals surface area contributed by atoms with E-state index in [2.05, 4.69) is 31.9 Å². The summed E-state index contributed by atoms with van der Waals surface area (Å²) in [4.78, 5) is 0. The molecule has 0 atom stereocenters. The lowest BCUT2D eigenvalue weighted by molar-refractivity contribution is 0.296. The molecule has 0 heterocycles. The smallest absolute Gasteiger partial charge is 0.148 e. The fourth-order valence-electron chi connectivity index (χ4n) is 1.67. The van der Waals surface area contributed by atoms with Crippen molar-refractivity contribution in [3.05, 3.63) is 61.2 Å². The molecule has 2 nitrogen and oxygen atoms in total. The predicted molar refractivity (Wildman–Crippen MR) is 85.5 cm³/mol. The highest BCUT2D eigenvalue weighted by Gasteiger charge is 2.10. The van der Waals surface area contributed by atoms with Crippen molar-refractivity contribution in [1.29, 1.82) is 0 Å². The number of nitrogens with two attached hydrogens (primary N) is 1. The largest absolute Gasteiger partial charge is 0.486 e. The van der Waals surface area contributed by atoms with Gasteiger partial charge in [-0.3, -0.25) is 0 Å². The van der Waals surface area contributed by atoms with Crippen molar-refractivity contribution in [2.75, 3.05) is 0 Å². The summed E-state index contributed by atoms with van der Waals surface area (Å²) in [5, 5.41) is 0.474. The quantitative estimate of drug-likeness (QED) is 0.748. The minimum Gasteiger partial charge on any atom is -0.486 e. The maximum atomic E-state index is 13.6. The second-order valence-electron chi connectivity index (χ2n) is 4.12. The lowest BCUT2D eigenvalue weighted by atomic mass is 10.2. The summed E-state index contributed by atoms with van der Waals surface area (Å²) in [6.45, 7) is 0.520. The second kappa shape index (κ2) is 6.89. The van der Waals surface area contributed by atoms with E-state index in [0.29, 0.717) is 22.9 Å². The van der Waals surface area contributed by atoms with Crippen LogP contribution in [0.5, 0.6) is 5.75 Å². The first kappa shape index (κ1) is 15.8. The Kier molecular flexibility index (Phi) is 5.43. The molecule has 0 saturated heterocycles. The van der Waals surface area contributed by atoms with Crippen LogP contribution < -0.4 is 10.5 Å². The van der Waals surface area contributed by atoms with Crippen molar-refractivity contribution in [3.8, 4) is 5.75 Å². The van der Waals surface area contributed by atoms with Crippen molar-refractivity contribution in [3.63, 3.8) is 0 Å². The van der Waals surface area contributed by atoms with Crippen LogP contribution in [0.15, 0.2) is 39.3 Å². The number of ether oxygens (including phenoxy) is 1. The third kappa shape index (κ3) is 3.73. The molecule has 0 saturated carbocycles. The first-order valence-electron chi connectivity index (χ1n) is 5.76. The number of rotatable bonds is 4. The van der Waals surface area contributed by atoms with E-state index < -0.39 is 0 Å². The van der Waals surface area contributed by atoms with Crippen LogP contribution in [0, 0.1) is 5.82 Å². The van der Waals surface area contributed by atoms with Gasteiger partial charge in [-0.05, 0) is 67.8 Å². The van der Waals surface area contributed by atoms with Crippen molar-refractivity contribution < 1.29 is 9.13 Å². The molecule has 2 rings (SSSR count). The van der Waals surface area contributed by atoms with Gasteiger partial charge in [0.25, 0.3) is 0 Å². The lowest BCUT2D eigenvalue weighted by Crippen LogP contribution is -2.01. The molecule has 0 spiro atoms. The van der Waals surface area contributed by atoms with Gasteiger partial charge >= 0.3 is 0 Å². The summed E-state index contributed by atoms with van der Waals surface area (Å²) in [6, 6.07) is 8.11. The molecule has 106 valence electrons. The van der Waals surface area contributed by atoms with E-state index in [0.717, 1.165) is 14.5 Å². The summed E-state index contributed by atoms with van der Waals surface area (Å²) in [5.74, 6) is 0.252. The van der Waals surface area contributed by atoms with Gasteiger partial charge < -0.3 is 10.5 Å². The Bertz CT molecular complexity index is 614. The van der Waals surface area contributed by atoms with Gasteiger partial charge in [0.05, 0.1) is 8.95 Å². The fourth-order valence-corrected chi connectivity index (χ4v) is 3.38. The van der Waals surface area contributed by atoms with Crippen LogP contribution in [-0.4, -0.2) is 0 Å². The standard InChI is InChI=1S/C14H11Br2ClFNO/c15-11-3-8(6-19)4-12(16)14(11)20-7-9-5-10(17)1-2-13(9)18/h1-5H,6-7,19H2. The Labute approximate surface area is 138 Å². The molecule has 2 aromatic rings. The Morgan fingerprint density at radius 2 is 1.80 bits per heavy atom. The van der Waals surface area contributed by atoms with E-state index in [1.165, 1.54) is 12.1 Å². The highest BCUT2D eigenvalue weighted by molar-refractivity contribution is 9.11. The van der Waals surface area contributed by atoms with Gasteiger partial charge in [0.15, 0.2) is 0 Å². The zero-order valence-electron chi connectivity index (χ0n) is 10.3. The average molecular weight is 424 g/mol. The first-order chi connectivity index (χ1) is 9.51. The molecule has 0 amide bonds. The summed E-state index contributed by atoms with van der Waals surface area (Å²) in [7, 11) is 0. The monoisotopic (exact) mass is 421 g/mol. The molecule has 0 aliphatic heterocycles. The van der Waals surface area contributed by atoms with Gasteiger partial charge in [-0.15, -0.1) is 0 Å². The van der Waals surface area contributed by atoms with Gasteiger partial charge in [-0.2, -0.15) is 0 Å². The van der Waals surface area contributed by atoms with Crippen LogP contribution >= 0.6 is 43.5 Å². The molecular weight excluding hydrogens is 412 g/mol. The van der Waals surface area contributed by atoms with E-state index in [1.54, 1.807) is 6.07 Å². The van der Waals surface area contributed by atoms with E-state index in [4.69, 9.17) is 22.1 Å². The molecule has 20 heavy (non-hydrogen) atoms. The molecule has 0 fully saturated rings. The average Bonchev–Trinajstić information content (AvgIpc) is 2.41. The number of benzene rings is 2. The molecule has 0 aromatic heterocycles. The SMILES string of the molecule is NCc1cc(Br)c(OCc2cc(Cl)ccc2F)c(Br)c1. The van der Waals surface area contributed by atoms with Crippen LogP contribution in [-0.2, 0) is 13.2 Å². The first-order valence-corrected chi connectivity index (χ1v) is 7.72. The predicted octanol–water partition coefficient (Wildman–Crippen LogP) is 5.04. The minimum absolute atomic E-state index is 0.0889. The maximum absolute atomic E-state index is 13.6. The number of hydrogen-bond acceptors (Lipinski definition) is 2. The van der Waals surface area contributed by atoms with Crippen LogP contribution in [0.3, 0.4) is 0 Å². The molecular formula is C14H11Br2ClFNO. The third-order valence-electron chi connectivity index (χ3n) is 2.67. The van der Waals surface area contributed by atoms with Crippen LogP contribution in [0.4, 0.5) is 4.39 Å². The molecule has 2 aromatic carbocycles. The number of halogens is 4. The highest BCUT2D eigenvalue weighted by Crippen LogP contribution is 2.35. The summed E-state index contributed by atoms with van der Waals surface area (Å²) < 4.78 is 20.8. The van der Waals surface area contributed by atoms with Gasteiger partial charge in [0.1, 0.15) is 18.2 Å². The number of hydrogen-bond donors (Lipinski definition) is 1. The van der Waals surface area contributed by atoms with E-state index in [-0.39, 0.29) is 12.4 Å². The Morgan fingerprint density at radius 1 is 1.15 bits per heavy atom. The van der Waals surface area contributed by atoms with Gasteiger partial charge in [-0.1, -0.05) is 11.6 Å². The lowest BCUT2D eigenvalue weighted by Gasteiger charge is -2.12. The van der Waals surface area contributed by atoms with E-state index in [9.17, 15) is 4.39 Å². The molecule has 0 radical (unpaired) electrons. The second-order valence-corrected chi connectivity index (χ2v) is 6.26. The zero-order valence-corrected chi connectivity index (χ0v) is 14.2. The van der Waals surface area contributed by atoms with Gasteiger partial charge in [0, 0.05) is 17.1 Å². The third-order valence-corrected chi connectivity index (χ3v) is 4.09. The maximum Gasteiger partial charge on any atom is 0.148 e. The molecule has 2 N–H and O–H groups in total. The summed E-state index contributed by atoms with van der Waals surface area (Å²) >= 11 is 12.7. The molecule has 0 aliphatic carbocycles. The molecule has 0 aliphatic rings. The topological polar surface area (TPSA) is 35.2 Å². The highest BCUT2D eigenvalue weighted by atomic mass is 79.9. The summed E-state index contributed by atoms with van der Waals surface area (Å²) in [5.41, 5.74) is 6.96. The van der Waals surface area contributed by atoms with Gasteiger partial charge in [-0.25, -0.2) is 4.39 Å². The molecule has 6 heteroatoms. The van der Waals surface area contributed by atoms with Crippen LogP contribution in [0.2, 0.25) is 5.02 Å². The molecule has 0 unspecified atom stereocenters. The van der Waals surface area contributed by atoms with Crippen molar-refractivity contribution >= 4 is 43.5 Å². The van der Waals surface area contributed by atoms with Crippen molar-refractivity contribution in [1.82, 2.24) is 0 Å². The van der Waals surface area contributed by atoms with Crippen molar-refractivity contribution in [2.45, 2.75) is 13.2 Å². The van der Waals surface area contributed by atoms with Crippen LogP contribution in [0.1, 0.15) is 11.1 Å². The minimum atomic E-state index is -0.347. The van der Waals surface area contributed by atoms with Crippen LogP contribution in [0.25, 0.3) is 0 Å². The van der Waals surface area contributed by atoms with E-state index in [1.807, 2.05) is 12.1 Å². The van der Waals surface area contributed by atoms with Gasteiger partial charge in [0.2, 0.25) is 0 Å². The van der Waals surface area contributed by atoms with E-state index >= 15 is 0 Å². The van der Waals surface area contributed by atoms with Crippen molar-refractivity contribution in [2.24, 2.45) is 5.73 Å². The zero-order chi connectivity index (χ0) is 14.7. The Morgan fingerprint density at radius 3 is 2.40 bits per heavy atom. The Balaban J connectivity index is 2.21. The molecule has 0 bridgehead atoms.